The Bertz CT molecular complexity index is 402. The largest absolute Gasteiger partial charge is 0.337 e. The van der Waals surface area contributed by atoms with Gasteiger partial charge in [-0.1, -0.05) is 0 Å². The molecule has 0 radical (unpaired) electrons. The third-order valence-electron chi connectivity index (χ3n) is 1.16. The molecule has 0 unspecified atom stereocenters. The van der Waals surface area contributed by atoms with Gasteiger partial charge >= 0.3 is 0 Å². The van der Waals surface area contributed by atoms with Crippen LogP contribution in [0, 0.1) is 9.54 Å². The number of aromatic amines is 2. The molecular weight excluding hydrogens is 275 g/mol. The van der Waals surface area contributed by atoms with Crippen LogP contribution in [-0.2, 0) is 16.5 Å². The second kappa shape index (κ2) is 8.41. The van der Waals surface area contributed by atoms with Gasteiger partial charge in [0, 0.05) is 41.3 Å². The van der Waals surface area contributed by atoms with Crippen LogP contribution in [0.25, 0.3) is 0 Å². The monoisotopic (exact) mass is 282 g/mol. The molecule has 7 heteroatoms. The van der Waals surface area contributed by atoms with Crippen molar-refractivity contribution in [3.8, 4) is 0 Å². The first-order valence-corrected chi connectivity index (χ1v) is 4.60. The van der Waals surface area contributed by atoms with E-state index in [1.54, 1.807) is 36.9 Å². The Labute approximate surface area is 107 Å². The molecule has 0 saturated carbocycles. The molecule has 2 aromatic rings. The van der Waals surface area contributed by atoms with Gasteiger partial charge in [-0.15, -0.1) is 0 Å². The molecule has 2 aromatic heterocycles. The van der Waals surface area contributed by atoms with Crippen molar-refractivity contribution >= 4 is 24.4 Å². The summed E-state index contributed by atoms with van der Waals surface area (Å²) in [6, 6.07) is 3.58. The molecule has 0 aliphatic rings. The maximum absolute atomic E-state index is 4.65. The van der Waals surface area contributed by atoms with Gasteiger partial charge in [-0.25, -0.2) is 9.97 Å². The van der Waals surface area contributed by atoms with Crippen molar-refractivity contribution in [1.29, 1.82) is 0 Å². The Morgan fingerprint density at radius 2 is 1.27 bits per heavy atom. The van der Waals surface area contributed by atoms with Crippen LogP contribution in [0.4, 0.5) is 0 Å². The molecule has 82 valence electrons. The fourth-order valence-electron chi connectivity index (χ4n) is 0.621. The molecule has 0 saturated heterocycles. The molecule has 4 nitrogen and oxygen atoms in total. The first-order chi connectivity index (χ1) is 6.79. The fourth-order valence-corrected chi connectivity index (χ4v) is 0.879. The van der Waals surface area contributed by atoms with Gasteiger partial charge in [0.05, 0.1) is 0 Å². The van der Waals surface area contributed by atoms with E-state index >= 15 is 0 Å². The average molecular weight is 283 g/mol. The van der Waals surface area contributed by atoms with Crippen LogP contribution in [0.3, 0.4) is 0 Å². The maximum Gasteiger partial charge on any atom is 0.196 e. The summed E-state index contributed by atoms with van der Waals surface area (Å²) in [7, 11) is 0. The number of hydrogen-bond donors (Lipinski definition) is 2. The standard InChI is InChI=1S/2C4H4N2S.Ni/c2*7-4-5-2-1-3-6-4;/h2*1-3H,(H,5,6,7);. The van der Waals surface area contributed by atoms with Gasteiger partial charge in [0.25, 0.3) is 0 Å². The van der Waals surface area contributed by atoms with E-state index in [9.17, 15) is 0 Å². The molecule has 0 atom stereocenters. The minimum Gasteiger partial charge on any atom is -0.337 e. The molecule has 0 aliphatic heterocycles. The number of nitrogens with zero attached hydrogens (tertiary/aromatic N) is 2. The summed E-state index contributed by atoms with van der Waals surface area (Å²) in [6.07, 6.45) is 6.79. The van der Waals surface area contributed by atoms with Crippen molar-refractivity contribution in [1.82, 2.24) is 19.9 Å². The Morgan fingerprint density at radius 1 is 0.867 bits per heavy atom. The molecule has 0 fully saturated rings. The summed E-state index contributed by atoms with van der Waals surface area (Å²) in [6.45, 7) is 0. The van der Waals surface area contributed by atoms with E-state index in [0.717, 1.165) is 0 Å². The third-order valence-corrected chi connectivity index (χ3v) is 1.61. The molecule has 0 spiro atoms. The summed E-state index contributed by atoms with van der Waals surface area (Å²) in [5, 5.41) is 0. The summed E-state index contributed by atoms with van der Waals surface area (Å²) < 4.78 is 1.06. The Balaban J connectivity index is 0.000000245. The second-order valence-corrected chi connectivity index (χ2v) is 2.95. The first-order valence-electron chi connectivity index (χ1n) is 3.78. The minimum absolute atomic E-state index is 0. The topological polar surface area (TPSA) is 57.4 Å². The number of nitrogens with one attached hydrogen (secondary N) is 2. The zero-order valence-electron chi connectivity index (χ0n) is 7.49. The second-order valence-electron chi connectivity index (χ2n) is 2.17. The van der Waals surface area contributed by atoms with Crippen LogP contribution in [0.15, 0.2) is 36.9 Å². The SMILES string of the molecule is S=c1nccc[nH]1.S=c1nccc[nH]1.[Ni]. The predicted molar refractivity (Wildman–Crippen MR) is 58.8 cm³/mol. The number of aromatic nitrogens is 4. The van der Waals surface area contributed by atoms with Crippen LogP contribution in [0.2, 0.25) is 0 Å². The summed E-state index contributed by atoms with van der Waals surface area (Å²) >= 11 is 9.29. The van der Waals surface area contributed by atoms with Gasteiger partial charge in [-0.05, 0) is 36.6 Å². The fraction of sp³-hybridized carbons (Fsp3) is 0. The zero-order chi connectivity index (χ0) is 10.2. The minimum atomic E-state index is 0. The van der Waals surface area contributed by atoms with Gasteiger partial charge in [-0.3, -0.25) is 0 Å². The van der Waals surface area contributed by atoms with Gasteiger partial charge in [0.1, 0.15) is 0 Å². The number of H-pyrrole nitrogens is 2. The van der Waals surface area contributed by atoms with E-state index in [0.29, 0.717) is 9.54 Å². The quantitative estimate of drug-likeness (QED) is 0.575. The van der Waals surface area contributed by atoms with E-state index in [2.05, 4.69) is 44.4 Å². The van der Waals surface area contributed by atoms with Crippen LogP contribution < -0.4 is 0 Å². The maximum atomic E-state index is 4.65. The summed E-state index contributed by atoms with van der Waals surface area (Å²) in [5.74, 6) is 0. The van der Waals surface area contributed by atoms with E-state index in [4.69, 9.17) is 0 Å². The molecule has 2 N–H and O–H groups in total. The van der Waals surface area contributed by atoms with Gasteiger partial charge in [0.2, 0.25) is 0 Å². The van der Waals surface area contributed by atoms with Crippen molar-refractivity contribution in [3.05, 3.63) is 46.5 Å². The van der Waals surface area contributed by atoms with Gasteiger partial charge in [0.15, 0.2) is 9.54 Å². The van der Waals surface area contributed by atoms with E-state index in [1.165, 1.54) is 0 Å². The van der Waals surface area contributed by atoms with Crippen molar-refractivity contribution in [2.45, 2.75) is 0 Å². The van der Waals surface area contributed by atoms with Gasteiger partial charge in [-0.2, -0.15) is 0 Å². The Hall–Kier alpha value is -0.906. The number of rotatable bonds is 0. The molecule has 0 aliphatic carbocycles. The van der Waals surface area contributed by atoms with Crippen LogP contribution in [0.1, 0.15) is 0 Å². The third kappa shape index (κ3) is 7.07. The molecule has 0 aromatic carbocycles. The van der Waals surface area contributed by atoms with Crippen molar-refractivity contribution < 1.29 is 16.5 Å². The molecular formula is C8H8N4NiS2. The molecule has 0 amide bonds. The van der Waals surface area contributed by atoms with Crippen LogP contribution in [-0.4, -0.2) is 19.9 Å². The van der Waals surface area contributed by atoms with E-state index in [-0.39, 0.29) is 16.5 Å². The molecule has 2 rings (SSSR count). The molecule has 2 heterocycles. The van der Waals surface area contributed by atoms with Crippen LogP contribution >= 0.6 is 24.4 Å². The normalized spacial score (nSPS) is 8.00. The Morgan fingerprint density at radius 3 is 1.40 bits per heavy atom. The van der Waals surface area contributed by atoms with Crippen molar-refractivity contribution in [3.63, 3.8) is 0 Å². The zero-order valence-corrected chi connectivity index (χ0v) is 10.1. The van der Waals surface area contributed by atoms with Gasteiger partial charge < -0.3 is 9.97 Å². The smallest absolute Gasteiger partial charge is 0.196 e. The first kappa shape index (κ1) is 14.1. The molecule has 0 bridgehead atoms. The van der Waals surface area contributed by atoms with Crippen LogP contribution in [0.5, 0.6) is 0 Å². The Kier molecular flexibility index (Phi) is 7.90. The summed E-state index contributed by atoms with van der Waals surface area (Å²) in [4.78, 5) is 12.9. The summed E-state index contributed by atoms with van der Waals surface area (Å²) in [5.41, 5.74) is 0. The predicted octanol–water partition coefficient (Wildman–Crippen LogP) is 2.28. The van der Waals surface area contributed by atoms with E-state index in [1.807, 2.05) is 0 Å². The average Bonchev–Trinajstić information content (AvgIpc) is 2.21. The molecule has 15 heavy (non-hydrogen) atoms. The number of hydrogen-bond acceptors (Lipinski definition) is 4. The van der Waals surface area contributed by atoms with E-state index < -0.39 is 0 Å². The van der Waals surface area contributed by atoms with Crippen molar-refractivity contribution in [2.24, 2.45) is 0 Å². The van der Waals surface area contributed by atoms with Crippen molar-refractivity contribution in [2.75, 3.05) is 0 Å².